The molecule has 1 fully saturated rings. The summed E-state index contributed by atoms with van der Waals surface area (Å²) in [4.78, 5) is 93.8. The van der Waals surface area contributed by atoms with Crippen LogP contribution in [0.4, 0.5) is 10.5 Å². The zero-order valence-corrected chi connectivity index (χ0v) is 44.9. The van der Waals surface area contributed by atoms with Gasteiger partial charge in [-0.05, 0) is 121 Å². The fourth-order valence-electron chi connectivity index (χ4n) is 12.0. The molecule has 79 heavy (non-hydrogen) atoms. The summed E-state index contributed by atoms with van der Waals surface area (Å²) < 4.78 is 21.3. The largest absolute Gasteiger partial charge is 0.449 e. The number of piperidine rings is 1. The molecule has 5 N–H and O–H groups in total. The van der Waals surface area contributed by atoms with E-state index in [9.17, 15) is 33.6 Å². The highest BCUT2D eigenvalue weighted by atomic mass is 16.5. The van der Waals surface area contributed by atoms with Crippen molar-refractivity contribution in [3.8, 4) is 11.1 Å². The number of amides is 6. The third-order valence-electron chi connectivity index (χ3n) is 16.2. The van der Waals surface area contributed by atoms with Crippen molar-refractivity contribution >= 4 is 52.3 Å². The highest BCUT2D eigenvalue weighted by molar-refractivity contribution is 6.07. The lowest BCUT2D eigenvalue weighted by Gasteiger charge is -2.31. The second-order valence-electron chi connectivity index (χ2n) is 21.4. The molecule has 6 amide bonds. The van der Waals surface area contributed by atoms with Crippen molar-refractivity contribution in [3.63, 3.8) is 0 Å². The second kappa shape index (κ2) is 24.4. The number of carbonyl (C=O) groups is 6. The Labute approximate surface area is 459 Å². The molecule has 4 aliphatic rings. The molecule has 0 radical (unpaired) electrons. The monoisotopic (exact) mass is 1070 g/mol. The SMILES string of the molecule is C[C@@H](OCc1ccc(CCCCCOCCCc2cccc3c2n(C)c(=O)n3C2CCC(=O)NC2=O)cc1)[C@H](CCC(N)=O)NC(=O)[C@@H]1Cc2cccc3c2N1C(=O)[C@@H](NC(=O)OCC1c2ccccc2-c2ccccc21)CC3. The first-order valence-electron chi connectivity index (χ1n) is 27.8. The van der Waals surface area contributed by atoms with Gasteiger partial charge in [0.2, 0.25) is 29.5 Å². The van der Waals surface area contributed by atoms with Crippen LogP contribution >= 0.6 is 0 Å². The number of alkyl carbamates (subject to hydrolysis) is 1. The number of benzene rings is 5. The third-order valence-corrected chi connectivity index (χ3v) is 16.2. The van der Waals surface area contributed by atoms with Crippen molar-refractivity contribution in [3.05, 3.63) is 159 Å². The van der Waals surface area contributed by atoms with Crippen LogP contribution in [0.25, 0.3) is 22.2 Å². The van der Waals surface area contributed by atoms with Crippen LogP contribution in [0.1, 0.15) is 116 Å². The van der Waals surface area contributed by atoms with E-state index < -0.39 is 48.2 Å². The van der Waals surface area contributed by atoms with E-state index in [0.29, 0.717) is 50.1 Å². The molecule has 1 aromatic heterocycles. The molecular formula is C62H69N7O10. The van der Waals surface area contributed by atoms with Crippen LogP contribution in [-0.2, 0) is 77.5 Å². The number of rotatable bonds is 23. The van der Waals surface area contributed by atoms with Gasteiger partial charge in [-0.25, -0.2) is 9.59 Å². The number of hydrogen-bond acceptors (Lipinski definition) is 10. The average molecular weight is 1070 g/mol. The molecule has 1 saturated heterocycles. The number of nitrogens with two attached hydrogens (primary N) is 1. The van der Waals surface area contributed by atoms with Crippen molar-refractivity contribution < 1.29 is 43.0 Å². The van der Waals surface area contributed by atoms with Gasteiger partial charge in [0.05, 0.1) is 35.5 Å². The van der Waals surface area contributed by atoms with Crippen LogP contribution < -0.4 is 32.3 Å². The van der Waals surface area contributed by atoms with E-state index in [1.165, 1.54) is 10.1 Å². The maximum atomic E-state index is 14.5. The quantitative estimate of drug-likeness (QED) is 0.0375. The zero-order valence-electron chi connectivity index (χ0n) is 44.9. The van der Waals surface area contributed by atoms with Gasteiger partial charge in [0, 0.05) is 45.4 Å². The Morgan fingerprint density at radius 2 is 1.48 bits per heavy atom. The second-order valence-corrected chi connectivity index (χ2v) is 21.4. The highest BCUT2D eigenvalue weighted by Crippen LogP contribution is 2.45. The van der Waals surface area contributed by atoms with Gasteiger partial charge >= 0.3 is 11.8 Å². The van der Waals surface area contributed by atoms with Gasteiger partial charge in [-0.3, -0.25) is 43.3 Å². The van der Waals surface area contributed by atoms with Gasteiger partial charge in [0.25, 0.3) is 0 Å². The number of anilines is 1. The minimum Gasteiger partial charge on any atom is -0.449 e. The maximum Gasteiger partial charge on any atom is 0.407 e. The molecule has 17 nitrogen and oxygen atoms in total. The summed E-state index contributed by atoms with van der Waals surface area (Å²) in [6.45, 7) is 3.47. The minimum atomic E-state index is -0.932. The number of aromatic nitrogens is 2. The molecule has 1 unspecified atom stereocenters. The van der Waals surface area contributed by atoms with E-state index in [0.717, 1.165) is 82.1 Å². The van der Waals surface area contributed by atoms with Crippen LogP contribution in [0.5, 0.6) is 0 Å². The van der Waals surface area contributed by atoms with Crippen LogP contribution in [-0.4, -0.2) is 88.8 Å². The molecule has 10 rings (SSSR count). The minimum absolute atomic E-state index is 0.0249. The Morgan fingerprint density at radius 3 is 2.23 bits per heavy atom. The summed E-state index contributed by atoms with van der Waals surface area (Å²) in [7, 11) is 1.72. The van der Waals surface area contributed by atoms with Crippen LogP contribution in [0.2, 0.25) is 0 Å². The Balaban J connectivity index is 0.671. The Kier molecular flexibility index (Phi) is 16.8. The number of carbonyl (C=O) groups excluding carboxylic acids is 6. The van der Waals surface area contributed by atoms with E-state index in [2.05, 4.69) is 52.3 Å². The topological polar surface area (TPSA) is 222 Å². The zero-order chi connectivity index (χ0) is 55.2. The van der Waals surface area contributed by atoms with E-state index >= 15 is 0 Å². The average Bonchev–Trinajstić information content (AvgIpc) is 4.28. The van der Waals surface area contributed by atoms with Crippen molar-refractivity contribution in [1.82, 2.24) is 25.1 Å². The molecule has 0 bridgehead atoms. The molecule has 3 aliphatic heterocycles. The molecule has 1 aliphatic carbocycles. The van der Waals surface area contributed by atoms with Gasteiger partial charge < -0.3 is 30.6 Å². The van der Waals surface area contributed by atoms with Gasteiger partial charge in [0.1, 0.15) is 24.7 Å². The van der Waals surface area contributed by atoms with Crippen molar-refractivity contribution in [2.45, 2.75) is 133 Å². The number of imide groups is 1. The first-order valence-corrected chi connectivity index (χ1v) is 27.8. The number of aryl methyl sites for hydroxylation is 4. The summed E-state index contributed by atoms with van der Waals surface area (Å²) in [5.74, 6) is -2.19. The lowest BCUT2D eigenvalue weighted by Crippen LogP contribution is -2.56. The number of primary amides is 1. The number of para-hydroxylation sites is 2. The molecule has 0 saturated carbocycles. The predicted molar refractivity (Wildman–Crippen MR) is 298 cm³/mol. The first-order chi connectivity index (χ1) is 38.3. The fraction of sp³-hybridized carbons (Fsp3) is 0.403. The molecule has 5 atom stereocenters. The summed E-state index contributed by atoms with van der Waals surface area (Å²) in [5.41, 5.74) is 16.9. The maximum absolute atomic E-state index is 14.5. The van der Waals surface area contributed by atoms with Gasteiger partial charge in [-0.2, -0.15) is 0 Å². The molecule has 5 aromatic carbocycles. The fourth-order valence-corrected chi connectivity index (χ4v) is 12.0. The molecule has 17 heteroatoms. The predicted octanol–water partition coefficient (Wildman–Crippen LogP) is 7.15. The molecular weight excluding hydrogens is 1000 g/mol. The number of imidazole rings is 1. The van der Waals surface area contributed by atoms with Gasteiger partial charge in [-0.1, -0.05) is 110 Å². The van der Waals surface area contributed by atoms with E-state index in [1.807, 2.05) is 79.7 Å². The van der Waals surface area contributed by atoms with Gasteiger partial charge in [-0.15, -0.1) is 0 Å². The van der Waals surface area contributed by atoms with E-state index in [-0.39, 0.29) is 68.2 Å². The smallest absolute Gasteiger partial charge is 0.407 e. The number of fused-ring (bicyclic) bond motifs is 4. The van der Waals surface area contributed by atoms with E-state index in [4.69, 9.17) is 19.9 Å². The van der Waals surface area contributed by atoms with Crippen molar-refractivity contribution in [2.75, 3.05) is 24.7 Å². The van der Waals surface area contributed by atoms with E-state index in [1.54, 1.807) is 16.5 Å². The number of nitrogens with zero attached hydrogens (tertiary/aromatic N) is 3. The van der Waals surface area contributed by atoms with Gasteiger partial charge in [0.15, 0.2) is 0 Å². The first kappa shape index (κ1) is 54.5. The van der Waals surface area contributed by atoms with Crippen LogP contribution in [0.3, 0.4) is 0 Å². The Bertz CT molecular complexity index is 3280. The summed E-state index contributed by atoms with van der Waals surface area (Å²) in [6, 6.07) is 32.9. The number of hydrogen-bond donors (Lipinski definition) is 4. The molecule has 6 aromatic rings. The van der Waals surface area contributed by atoms with Crippen molar-refractivity contribution in [1.29, 1.82) is 0 Å². The van der Waals surface area contributed by atoms with Crippen LogP contribution in [0.15, 0.2) is 114 Å². The Morgan fingerprint density at radius 1 is 0.772 bits per heavy atom. The lowest BCUT2D eigenvalue weighted by atomic mass is 9.98. The van der Waals surface area contributed by atoms with Crippen molar-refractivity contribution in [2.24, 2.45) is 12.8 Å². The number of nitrogens with one attached hydrogen (secondary N) is 3. The highest BCUT2D eigenvalue weighted by Gasteiger charge is 2.45. The standard InChI is InChI=1S/C62H69N7O10/c1-38(78-36-40-25-23-39(24-26-40)13-4-3-9-33-77-34-12-17-41-15-11-22-51-57(41)67(2)62(76)68(51)52-30-32-55(71)66-58(52)72)49(29-31-54(63)70)64-59(73)53-35-43-16-10-14-42-27-28-50(60(74)69(53)56(42)43)65-61(75)79-37-48-46-20-7-5-18-44(46)45-19-6-8-21-47(45)48/h5-8,10-11,14-16,18-26,38,48-50,52-53H,3-4,9,12-13,17,27-37H2,1-2H3,(H2,63,70)(H,64,73)(H,65,75)(H,66,71,72)/t38-,49+,50+,52?,53+/m1/s1. The Hall–Kier alpha value is -7.89. The lowest BCUT2D eigenvalue weighted by molar-refractivity contribution is -0.135. The third kappa shape index (κ3) is 11.9. The summed E-state index contributed by atoms with van der Waals surface area (Å²) in [5, 5.41) is 8.34. The summed E-state index contributed by atoms with van der Waals surface area (Å²) in [6.07, 6.45) is 6.02. The number of ether oxygens (including phenoxy) is 3. The number of unbranched alkanes of at least 4 members (excludes halogenated alkanes) is 2. The molecule has 4 heterocycles. The molecule has 0 spiro atoms. The van der Waals surface area contributed by atoms with Crippen LogP contribution in [0, 0.1) is 0 Å². The summed E-state index contributed by atoms with van der Waals surface area (Å²) >= 11 is 0. The molecule has 412 valence electrons. The normalized spacial score (nSPS) is 18.3.